The quantitative estimate of drug-likeness (QED) is 0.742. The van der Waals surface area contributed by atoms with Crippen molar-refractivity contribution < 1.29 is 0 Å². The number of benzene rings is 2. The van der Waals surface area contributed by atoms with E-state index in [2.05, 4.69) is 29.2 Å². The summed E-state index contributed by atoms with van der Waals surface area (Å²) in [4.78, 5) is 9.14. The van der Waals surface area contributed by atoms with Crippen LogP contribution in [0, 0.1) is 0 Å². The van der Waals surface area contributed by atoms with Gasteiger partial charge in [-0.25, -0.2) is 4.98 Å². The van der Waals surface area contributed by atoms with Crippen molar-refractivity contribution in [2.75, 3.05) is 5.73 Å². The molecule has 0 unspecified atom stereocenters. The lowest BCUT2D eigenvalue weighted by Crippen LogP contribution is -2.08. The minimum atomic E-state index is 0.524. The van der Waals surface area contributed by atoms with Gasteiger partial charge >= 0.3 is 0 Å². The van der Waals surface area contributed by atoms with Gasteiger partial charge in [0.05, 0.1) is 24.1 Å². The fraction of sp³-hybridized carbons (Fsp3) is 0.0588. The average molecular weight is 274 g/mol. The molecule has 0 fully saturated rings. The molecule has 0 aliphatic carbocycles. The molecule has 2 N–H and O–H groups in total. The van der Waals surface area contributed by atoms with Crippen LogP contribution in [0.2, 0.25) is 0 Å². The van der Waals surface area contributed by atoms with Crippen molar-refractivity contribution in [2.45, 2.75) is 6.54 Å². The van der Waals surface area contributed by atoms with Crippen LogP contribution < -0.4 is 5.73 Å². The summed E-state index contributed by atoms with van der Waals surface area (Å²) in [7, 11) is 0. The molecule has 4 rings (SSSR count). The maximum Gasteiger partial charge on any atom is 0.136 e. The Morgan fingerprint density at radius 1 is 0.952 bits per heavy atom. The smallest absolute Gasteiger partial charge is 0.136 e. The van der Waals surface area contributed by atoms with Crippen molar-refractivity contribution in [2.24, 2.45) is 4.99 Å². The zero-order chi connectivity index (χ0) is 14.2. The van der Waals surface area contributed by atoms with Crippen LogP contribution in [0.25, 0.3) is 5.69 Å². The predicted octanol–water partition coefficient (Wildman–Crippen LogP) is 2.81. The van der Waals surface area contributed by atoms with Gasteiger partial charge < -0.3 is 5.73 Å². The minimum Gasteiger partial charge on any atom is -0.383 e. The lowest BCUT2D eigenvalue weighted by atomic mass is 10.0. The molecule has 0 bridgehead atoms. The SMILES string of the molecule is Nc1cnc2n1-c1ccccc1C(c1ccccc1)=NC2. The summed E-state index contributed by atoms with van der Waals surface area (Å²) in [6, 6.07) is 18.4. The standard InChI is InChI=1S/C17H14N4/c18-15-10-19-16-11-20-17(12-6-2-1-3-7-12)13-8-4-5-9-14(13)21(15)16/h1-10H,11,18H2. The van der Waals surface area contributed by atoms with E-state index in [1.807, 2.05) is 34.9 Å². The van der Waals surface area contributed by atoms with Crippen molar-refractivity contribution >= 4 is 11.5 Å². The van der Waals surface area contributed by atoms with Gasteiger partial charge in [0.2, 0.25) is 0 Å². The number of anilines is 1. The van der Waals surface area contributed by atoms with Crippen LogP contribution in [0.5, 0.6) is 0 Å². The predicted molar refractivity (Wildman–Crippen MR) is 83.8 cm³/mol. The highest BCUT2D eigenvalue weighted by molar-refractivity contribution is 6.15. The molecule has 3 aromatic rings. The zero-order valence-electron chi connectivity index (χ0n) is 11.4. The van der Waals surface area contributed by atoms with Crippen molar-refractivity contribution in [1.82, 2.24) is 9.55 Å². The summed E-state index contributed by atoms with van der Waals surface area (Å²) in [5, 5.41) is 0. The van der Waals surface area contributed by atoms with Crippen molar-refractivity contribution in [3.8, 4) is 5.69 Å². The normalized spacial score (nSPS) is 13.0. The Bertz CT molecular complexity index is 831. The Kier molecular flexibility index (Phi) is 2.60. The number of aromatic nitrogens is 2. The van der Waals surface area contributed by atoms with Crippen LogP contribution in [-0.4, -0.2) is 15.3 Å². The van der Waals surface area contributed by atoms with Gasteiger partial charge in [0.25, 0.3) is 0 Å². The number of hydrogen-bond donors (Lipinski definition) is 1. The van der Waals surface area contributed by atoms with Gasteiger partial charge in [0.15, 0.2) is 0 Å². The number of nitrogens with zero attached hydrogens (tertiary/aromatic N) is 3. The number of aliphatic imine (C=N–C) groups is 1. The summed E-state index contributed by atoms with van der Waals surface area (Å²) >= 11 is 0. The number of rotatable bonds is 1. The molecule has 21 heavy (non-hydrogen) atoms. The van der Waals surface area contributed by atoms with E-state index in [0.717, 1.165) is 28.4 Å². The summed E-state index contributed by atoms with van der Waals surface area (Å²) < 4.78 is 1.98. The van der Waals surface area contributed by atoms with Gasteiger partial charge in [0, 0.05) is 11.1 Å². The third-order valence-corrected chi connectivity index (χ3v) is 3.69. The molecule has 0 atom stereocenters. The molecule has 0 amide bonds. The molecule has 0 spiro atoms. The zero-order valence-corrected chi connectivity index (χ0v) is 11.4. The van der Waals surface area contributed by atoms with E-state index in [1.54, 1.807) is 6.20 Å². The second-order valence-corrected chi connectivity index (χ2v) is 4.98. The number of nitrogens with two attached hydrogens (primary N) is 1. The molecule has 2 heterocycles. The van der Waals surface area contributed by atoms with Crippen molar-refractivity contribution in [3.05, 3.63) is 77.7 Å². The fourth-order valence-corrected chi connectivity index (χ4v) is 2.74. The third kappa shape index (κ3) is 1.84. The van der Waals surface area contributed by atoms with Crippen LogP contribution in [0.1, 0.15) is 17.0 Å². The number of nitrogen functional groups attached to an aromatic ring is 1. The highest BCUT2D eigenvalue weighted by atomic mass is 15.2. The molecule has 0 radical (unpaired) electrons. The van der Waals surface area contributed by atoms with E-state index in [1.165, 1.54) is 0 Å². The monoisotopic (exact) mass is 274 g/mol. The number of fused-ring (bicyclic) bond motifs is 3. The maximum atomic E-state index is 6.08. The highest BCUT2D eigenvalue weighted by Gasteiger charge is 2.20. The van der Waals surface area contributed by atoms with Gasteiger partial charge in [0.1, 0.15) is 11.6 Å². The summed E-state index contributed by atoms with van der Waals surface area (Å²) in [5.74, 6) is 1.51. The number of hydrogen-bond acceptors (Lipinski definition) is 3. The maximum absolute atomic E-state index is 6.08. The van der Waals surface area contributed by atoms with E-state index in [9.17, 15) is 0 Å². The van der Waals surface area contributed by atoms with Crippen LogP contribution in [0.4, 0.5) is 5.82 Å². The summed E-state index contributed by atoms with van der Waals surface area (Å²) in [5.41, 5.74) is 10.3. The minimum absolute atomic E-state index is 0.524. The number of para-hydroxylation sites is 1. The highest BCUT2D eigenvalue weighted by Crippen LogP contribution is 2.26. The summed E-state index contributed by atoms with van der Waals surface area (Å²) in [6.07, 6.45) is 1.69. The van der Waals surface area contributed by atoms with Crippen LogP contribution >= 0.6 is 0 Å². The molecule has 4 nitrogen and oxygen atoms in total. The van der Waals surface area contributed by atoms with Gasteiger partial charge in [-0.3, -0.25) is 9.56 Å². The molecule has 1 aliphatic rings. The lowest BCUT2D eigenvalue weighted by Gasteiger charge is -2.12. The third-order valence-electron chi connectivity index (χ3n) is 3.69. The first-order valence-corrected chi connectivity index (χ1v) is 6.86. The second-order valence-electron chi connectivity index (χ2n) is 4.98. The van der Waals surface area contributed by atoms with E-state index in [4.69, 9.17) is 10.7 Å². The van der Waals surface area contributed by atoms with E-state index >= 15 is 0 Å². The first kappa shape index (κ1) is 11.9. The van der Waals surface area contributed by atoms with Gasteiger partial charge in [-0.05, 0) is 6.07 Å². The molecule has 102 valence electrons. The first-order chi connectivity index (χ1) is 10.3. The van der Waals surface area contributed by atoms with Crippen molar-refractivity contribution in [1.29, 1.82) is 0 Å². The Morgan fingerprint density at radius 2 is 1.71 bits per heavy atom. The molecule has 1 aliphatic heterocycles. The molecule has 1 aromatic heterocycles. The van der Waals surface area contributed by atoms with Crippen LogP contribution in [-0.2, 0) is 6.54 Å². The topological polar surface area (TPSA) is 56.2 Å². The molecular weight excluding hydrogens is 260 g/mol. The Morgan fingerprint density at radius 3 is 2.57 bits per heavy atom. The molecule has 2 aromatic carbocycles. The Hall–Kier alpha value is -2.88. The Labute approximate surface area is 122 Å². The lowest BCUT2D eigenvalue weighted by molar-refractivity contribution is 0.884. The van der Waals surface area contributed by atoms with E-state index < -0.39 is 0 Å². The van der Waals surface area contributed by atoms with Crippen LogP contribution in [0.15, 0.2) is 65.8 Å². The molecule has 0 saturated heterocycles. The first-order valence-electron chi connectivity index (χ1n) is 6.86. The number of imidazole rings is 1. The fourth-order valence-electron chi connectivity index (χ4n) is 2.74. The second kappa shape index (κ2) is 4.59. The summed E-state index contributed by atoms with van der Waals surface area (Å²) in [6.45, 7) is 0.524. The van der Waals surface area contributed by atoms with Crippen molar-refractivity contribution in [3.63, 3.8) is 0 Å². The Balaban J connectivity index is 1.99. The van der Waals surface area contributed by atoms with Crippen LogP contribution in [0.3, 0.4) is 0 Å². The van der Waals surface area contributed by atoms with Gasteiger partial charge in [-0.2, -0.15) is 0 Å². The molecule has 4 heteroatoms. The van der Waals surface area contributed by atoms with Gasteiger partial charge in [-0.1, -0.05) is 48.5 Å². The molecular formula is C17H14N4. The van der Waals surface area contributed by atoms with Gasteiger partial charge in [-0.15, -0.1) is 0 Å². The van der Waals surface area contributed by atoms with E-state index in [-0.39, 0.29) is 0 Å². The average Bonchev–Trinajstić information content (AvgIpc) is 2.81. The molecule has 0 saturated carbocycles. The largest absolute Gasteiger partial charge is 0.383 e. The van der Waals surface area contributed by atoms with E-state index in [0.29, 0.717) is 12.4 Å².